The van der Waals surface area contributed by atoms with Gasteiger partial charge in [0.15, 0.2) is 0 Å². The van der Waals surface area contributed by atoms with E-state index in [0.29, 0.717) is 37.4 Å². The number of para-hydroxylation sites is 1. The lowest BCUT2D eigenvalue weighted by atomic mass is 10.2. The SMILES string of the molecule is O=C(c1cccnc1SC1CCCC1)N1CCN(c2nnnn2-c2ccccc2)CC1. The number of hydrogen-bond donors (Lipinski definition) is 0. The van der Waals surface area contributed by atoms with Gasteiger partial charge in [0.2, 0.25) is 5.95 Å². The van der Waals surface area contributed by atoms with Crippen molar-refractivity contribution in [2.45, 2.75) is 36.0 Å². The van der Waals surface area contributed by atoms with Crippen molar-refractivity contribution >= 4 is 23.6 Å². The van der Waals surface area contributed by atoms with E-state index in [2.05, 4.69) is 25.4 Å². The van der Waals surface area contributed by atoms with E-state index in [1.165, 1.54) is 25.7 Å². The normalized spacial score (nSPS) is 17.3. The van der Waals surface area contributed by atoms with Crippen LogP contribution in [0.4, 0.5) is 5.95 Å². The molecule has 1 aromatic carbocycles. The van der Waals surface area contributed by atoms with Gasteiger partial charge in [-0.05, 0) is 47.5 Å². The van der Waals surface area contributed by atoms with Crippen molar-refractivity contribution in [3.05, 3.63) is 54.2 Å². The van der Waals surface area contributed by atoms with Crippen molar-refractivity contribution in [2.75, 3.05) is 31.1 Å². The van der Waals surface area contributed by atoms with Gasteiger partial charge < -0.3 is 9.80 Å². The largest absolute Gasteiger partial charge is 0.336 e. The number of pyridine rings is 1. The fraction of sp³-hybridized carbons (Fsp3) is 0.409. The second kappa shape index (κ2) is 9.05. The van der Waals surface area contributed by atoms with Crippen LogP contribution in [0, 0.1) is 0 Å². The molecule has 1 aliphatic heterocycles. The molecule has 3 aromatic rings. The molecule has 31 heavy (non-hydrogen) atoms. The predicted octanol–water partition coefficient (Wildman–Crippen LogP) is 3.05. The molecule has 0 spiro atoms. The number of aromatic nitrogens is 5. The Morgan fingerprint density at radius 3 is 2.52 bits per heavy atom. The summed E-state index contributed by atoms with van der Waals surface area (Å²) in [5, 5.41) is 13.7. The Kier molecular flexibility index (Phi) is 5.84. The summed E-state index contributed by atoms with van der Waals surface area (Å²) >= 11 is 1.77. The van der Waals surface area contributed by atoms with E-state index in [-0.39, 0.29) is 5.91 Å². The molecule has 1 aliphatic carbocycles. The maximum absolute atomic E-state index is 13.3. The molecule has 1 amide bonds. The molecule has 0 atom stereocenters. The summed E-state index contributed by atoms with van der Waals surface area (Å²) in [6, 6.07) is 13.6. The fourth-order valence-electron chi connectivity index (χ4n) is 4.21. The molecule has 0 unspecified atom stereocenters. The number of thioether (sulfide) groups is 1. The average Bonchev–Trinajstić information content (AvgIpc) is 3.52. The van der Waals surface area contributed by atoms with Crippen LogP contribution in [-0.4, -0.2) is 67.4 Å². The number of nitrogens with zero attached hydrogens (tertiary/aromatic N) is 7. The number of carbonyl (C=O) groups is 1. The topological polar surface area (TPSA) is 80.0 Å². The summed E-state index contributed by atoms with van der Waals surface area (Å²) in [5.74, 6) is 0.771. The zero-order valence-corrected chi connectivity index (χ0v) is 18.1. The molecule has 2 aromatic heterocycles. The van der Waals surface area contributed by atoms with E-state index >= 15 is 0 Å². The molecular weight excluding hydrogens is 410 g/mol. The Morgan fingerprint density at radius 1 is 0.968 bits per heavy atom. The number of rotatable bonds is 5. The third-order valence-electron chi connectivity index (χ3n) is 5.89. The highest BCUT2D eigenvalue weighted by Crippen LogP contribution is 2.35. The first-order valence-corrected chi connectivity index (χ1v) is 11.7. The van der Waals surface area contributed by atoms with Gasteiger partial charge in [0, 0.05) is 37.6 Å². The highest BCUT2D eigenvalue weighted by molar-refractivity contribution is 7.99. The standard InChI is InChI=1S/C22H25N7OS/c30-21(19-11-6-12-23-20(19)31-18-9-4-5-10-18)27-13-15-28(16-14-27)22-24-25-26-29(22)17-7-2-1-3-8-17/h1-3,6-8,11-12,18H,4-5,9-10,13-16H2. The van der Waals surface area contributed by atoms with Crippen molar-refractivity contribution in [3.8, 4) is 5.69 Å². The number of tetrazole rings is 1. The molecule has 5 rings (SSSR count). The van der Waals surface area contributed by atoms with E-state index in [0.717, 1.165) is 16.3 Å². The third-order valence-corrected chi connectivity index (χ3v) is 7.24. The van der Waals surface area contributed by atoms with Crippen molar-refractivity contribution < 1.29 is 4.79 Å². The first kappa shape index (κ1) is 20.0. The van der Waals surface area contributed by atoms with Crippen LogP contribution >= 0.6 is 11.8 Å². The molecule has 3 heterocycles. The molecule has 2 aliphatic rings. The maximum atomic E-state index is 13.3. The first-order valence-electron chi connectivity index (χ1n) is 10.8. The molecule has 160 valence electrons. The van der Waals surface area contributed by atoms with Gasteiger partial charge in [0.25, 0.3) is 5.91 Å². The van der Waals surface area contributed by atoms with Crippen LogP contribution in [0.5, 0.6) is 0 Å². The number of hydrogen-bond acceptors (Lipinski definition) is 7. The number of anilines is 1. The average molecular weight is 436 g/mol. The summed E-state index contributed by atoms with van der Waals surface area (Å²) in [7, 11) is 0. The Labute approximate surface area is 185 Å². The van der Waals surface area contributed by atoms with Crippen molar-refractivity contribution in [3.63, 3.8) is 0 Å². The minimum Gasteiger partial charge on any atom is -0.336 e. The third kappa shape index (κ3) is 4.27. The van der Waals surface area contributed by atoms with Gasteiger partial charge >= 0.3 is 0 Å². The number of carbonyl (C=O) groups excluding carboxylic acids is 1. The molecule has 1 saturated heterocycles. The zero-order valence-electron chi connectivity index (χ0n) is 17.3. The predicted molar refractivity (Wildman–Crippen MR) is 120 cm³/mol. The molecule has 1 saturated carbocycles. The van der Waals surface area contributed by atoms with Gasteiger partial charge in [-0.25, -0.2) is 4.98 Å². The van der Waals surface area contributed by atoms with Gasteiger partial charge in [-0.3, -0.25) is 4.79 Å². The summed E-state index contributed by atoms with van der Waals surface area (Å²) in [6.07, 6.45) is 6.76. The fourth-order valence-corrected chi connectivity index (χ4v) is 5.50. The quantitative estimate of drug-likeness (QED) is 0.609. The van der Waals surface area contributed by atoms with Crippen LogP contribution in [-0.2, 0) is 0 Å². The summed E-state index contributed by atoms with van der Waals surface area (Å²) in [6.45, 7) is 2.63. The van der Waals surface area contributed by atoms with Crippen LogP contribution in [0.2, 0.25) is 0 Å². The van der Waals surface area contributed by atoms with Crippen LogP contribution in [0.25, 0.3) is 5.69 Å². The Bertz CT molecular complexity index is 1030. The molecule has 0 radical (unpaired) electrons. The Morgan fingerprint density at radius 2 is 1.74 bits per heavy atom. The minimum atomic E-state index is 0.0656. The maximum Gasteiger partial charge on any atom is 0.256 e. The molecule has 9 heteroatoms. The van der Waals surface area contributed by atoms with Gasteiger partial charge in [0.05, 0.1) is 11.3 Å². The van der Waals surface area contributed by atoms with E-state index < -0.39 is 0 Å². The van der Waals surface area contributed by atoms with E-state index in [4.69, 9.17) is 0 Å². The highest BCUT2D eigenvalue weighted by atomic mass is 32.2. The van der Waals surface area contributed by atoms with Crippen molar-refractivity contribution in [1.82, 2.24) is 30.1 Å². The lowest BCUT2D eigenvalue weighted by molar-refractivity contribution is 0.0741. The van der Waals surface area contributed by atoms with Gasteiger partial charge in [-0.1, -0.05) is 36.1 Å². The van der Waals surface area contributed by atoms with E-state index in [1.807, 2.05) is 47.4 Å². The smallest absolute Gasteiger partial charge is 0.256 e. The van der Waals surface area contributed by atoms with Gasteiger partial charge in [-0.2, -0.15) is 4.68 Å². The van der Waals surface area contributed by atoms with Crippen LogP contribution < -0.4 is 4.90 Å². The summed E-state index contributed by atoms with van der Waals surface area (Å²) in [5.41, 5.74) is 1.65. The summed E-state index contributed by atoms with van der Waals surface area (Å²) < 4.78 is 1.74. The van der Waals surface area contributed by atoms with E-state index in [1.54, 1.807) is 22.6 Å². The minimum absolute atomic E-state index is 0.0656. The molecule has 8 nitrogen and oxygen atoms in total. The molecule has 2 fully saturated rings. The monoisotopic (exact) mass is 435 g/mol. The van der Waals surface area contributed by atoms with Crippen molar-refractivity contribution in [2.24, 2.45) is 0 Å². The zero-order chi connectivity index (χ0) is 21.0. The number of benzene rings is 1. The van der Waals surface area contributed by atoms with Gasteiger partial charge in [-0.15, -0.1) is 11.8 Å². The van der Waals surface area contributed by atoms with Gasteiger partial charge in [0.1, 0.15) is 5.03 Å². The molecule has 0 N–H and O–H groups in total. The number of amides is 1. The molecular formula is C22H25N7OS. The summed E-state index contributed by atoms with van der Waals surface area (Å²) in [4.78, 5) is 21.9. The lowest BCUT2D eigenvalue weighted by Crippen LogP contribution is -2.49. The Balaban J connectivity index is 1.27. The van der Waals surface area contributed by atoms with Crippen LogP contribution in [0.15, 0.2) is 53.7 Å². The lowest BCUT2D eigenvalue weighted by Gasteiger charge is -2.35. The van der Waals surface area contributed by atoms with Crippen molar-refractivity contribution in [1.29, 1.82) is 0 Å². The second-order valence-electron chi connectivity index (χ2n) is 7.89. The molecule has 0 bridgehead atoms. The number of piperazine rings is 1. The Hall–Kier alpha value is -2.94. The van der Waals surface area contributed by atoms with E-state index in [9.17, 15) is 4.79 Å². The second-order valence-corrected chi connectivity index (χ2v) is 9.17. The van der Waals surface area contributed by atoms with Crippen LogP contribution in [0.1, 0.15) is 36.0 Å². The first-order chi connectivity index (χ1) is 15.3. The van der Waals surface area contributed by atoms with Crippen LogP contribution in [0.3, 0.4) is 0 Å². The highest BCUT2D eigenvalue weighted by Gasteiger charge is 2.28.